The van der Waals surface area contributed by atoms with Crippen LogP contribution in [0.15, 0.2) is 54.1 Å². The highest BCUT2D eigenvalue weighted by Crippen LogP contribution is 2.19. The molecule has 0 spiro atoms. The first-order chi connectivity index (χ1) is 9.75. The van der Waals surface area contributed by atoms with E-state index >= 15 is 0 Å². The number of nitrogens with one attached hydrogen (secondary N) is 1. The topological polar surface area (TPSA) is 54.5 Å². The molecule has 4 nitrogen and oxygen atoms in total. The van der Waals surface area contributed by atoms with E-state index in [0.717, 1.165) is 11.4 Å². The molecule has 0 radical (unpaired) electrons. The Morgan fingerprint density at radius 2 is 1.95 bits per heavy atom. The number of rotatable bonds is 3. The van der Waals surface area contributed by atoms with Crippen LogP contribution in [-0.2, 0) is 0 Å². The fourth-order valence-electron chi connectivity index (χ4n) is 1.47. The van der Waals surface area contributed by atoms with Crippen LogP contribution in [0.1, 0.15) is 13.8 Å². The minimum atomic E-state index is 0.713. The first kappa shape index (κ1) is 14.5. The molecule has 0 atom stereocenters. The molecule has 0 bridgehead atoms. The zero-order valence-corrected chi connectivity index (χ0v) is 12.5. The van der Waals surface area contributed by atoms with Crippen LogP contribution in [0.2, 0.25) is 0 Å². The molecule has 3 aromatic rings. The van der Waals surface area contributed by atoms with E-state index in [0.29, 0.717) is 5.65 Å². The third-order valence-corrected chi connectivity index (χ3v) is 3.86. The molecule has 0 saturated carbocycles. The summed E-state index contributed by atoms with van der Waals surface area (Å²) in [5.41, 5.74) is 1.59. The zero-order valence-electron chi connectivity index (χ0n) is 11.7. The maximum absolute atomic E-state index is 3.91. The highest BCUT2D eigenvalue weighted by molar-refractivity contribution is 7.99. The summed E-state index contributed by atoms with van der Waals surface area (Å²) in [6.07, 6.45) is 4.76. The molecule has 0 aliphatic heterocycles. The number of aromatic nitrogens is 4. The molecule has 20 heavy (non-hydrogen) atoms. The van der Waals surface area contributed by atoms with E-state index in [1.165, 1.54) is 17.0 Å². The second-order valence-electron chi connectivity index (χ2n) is 4.68. The Balaban J connectivity index is 0.000000149. The Kier molecular flexibility index (Phi) is 5.55. The molecule has 5 heteroatoms. The number of hydrogen-bond acceptors (Lipinski definition) is 4. The average molecular weight is 286 g/mol. The standard InChI is InChI=1S/C10H14S.C5H4N4/c1-9(2)8-11-10-6-4-3-5-7-10;1-4-5(8-2-6-1)9-3-7-4/h3-7,9H,8H2,1-2H3;1-3H,(H,6,7,8,9). The fraction of sp³-hybridized carbons (Fsp3) is 0.267. The van der Waals surface area contributed by atoms with Gasteiger partial charge in [-0.15, -0.1) is 11.8 Å². The van der Waals surface area contributed by atoms with Gasteiger partial charge in [-0.3, -0.25) is 0 Å². The van der Waals surface area contributed by atoms with E-state index in [1.54, 1.807) is 12.5 Å². The lowest BCUT2D eigenvalue weighted by atomic mass is 10.3. The highest BCUT2D eigenvalue weighted by atomic mass is 32.2. The van der Waals surface area contributed by atoms with Gasteiger partial charge in [-0.1, -0.05) is 32.0 Å². The van der Waals surface area contributed by atoms with Crippen LogP contribution >= 0.6 is 11.8 Å². The Morgan fingerprint density at radius 1 is 1.15 bits per heavy atom. The molecule has 0 fully saturated rings. The van der Waals surface area contributed by atoms with Crippen molar-refractivity contribution in [3.8, 4) is 0 Å². The number of H-pyrrole nitrogens is 1. The second kappa shape index (κ2) is 7.65. The lowest BCUT2D eigenvalue weighted by Crippen LogP contribution is -1.89. The molecule has 1 aromatic carbocycles. The first-order valence-electron chi connectivity index (χ1n) is 6.52. The van der Waals surface area contributed by atoms with Crippen molar-refractivity contribution >= 4 is 22.9 Å². The fourth-order valence-corrected chi connectivity index (χ4v) is 2.35. The number of nitrogens with zero attached hydrogens (tertiary/aromatic N) is 3. The van der Waals surface area contributed by atoms with Gasteiger partial charge >= 0.3 is 0 Å². The smallest absolute Gasteiger partial charge is 0.180 e. The van der Waals surface area contributed by atoms with E-state index in [-0.39, 0.29) is 0 Å². The van der Waals surface area contributed by atoms with Crippen LogP contribution in [-0.4, -0.2) is 25.7 Å². The molecule has 0 aliphatic rings. The molecule has 1 N–H and O–H groups in total. The summed E-state index contributed by atoms with van der Waals surface area (Å²) in [4.78, 5) is 15.9. The van der Waals surface area contributed by atoms with Crippen molar-refractivity contribution in [3.05, 3.63) is 49.2 Å². The number of thioether (sulfide) groups is 1. The Labute approximate surface area is 123 Å². The number of imidazole rings is 1. The Hall–Kier alpha value is -1.88. The van der Waals surface area contributed by atoms with Gasteiger partial charge in [0.15, 0.2) is 5.65 Å². The molecule has 3 rings (SSSR count). The van der Waals surface area contributed by atoms with Crippen molar-refractivity contribution in [1.82, 2.24) is 19.9 Å². The van der Waals surface area contributed by atoms with Gasteiger partial charge in [0, 0.05) is 10.6 Å². The van der Waals surface area contributed by atoms with Gasteiger partial charge in [-0.05, 0) is 18.1 Å². The van der Waals surface area contributed by atoms with Gasteiger partial charge in [0.05, 0.1) is 12.5 Å². The van der Waals surface area contributed by atoms with Gasteiger partial charge in [0.1, 0.15) is 11.8 Å². The maximum atomic E-state index is 3.91. The van der Waals surface area contributed by atoms with Crippen molar-refractivity contribution < 1.29 is 0 Å². The molecule has 2 aromatic heterocycles. The quantitative estimate of drug-likeness (QED) is 0.744. The summed E-state index contributed by atoms with van der Waals surface area (Å²) < 4.78 is 0. The normalized spacial score (nSPS) is 10.3. The first-order valence-corrected chi connectivity index (χ1v) is 7.51. The third kappa shape index (κ3) is 4.66. The summed E-state index contributed by atoms with van der Waals surface area (Å²) >= 11 is 1.93. The van der Waals surface area contributed by atoms with Crippen LogP contribution in [0.5, 0.6) is 0 Å². The van der Waals surface area contributed by atoms with Crippen molar-refractivity contribution in [3.63, 3.8) is 0 Å². The average Bonchev–Trinajstić information content (AvgIpc) is 2.95. The van der Waals surface area contributed by atoms with Gasteiger partial charge in [-0.2, -0.15) is 0 Å². The van der Waals surface area contributed by atoms with Crippen LogP contribution in [0.4, 0.5) is 0 Å². The summed E-state index contributed by atoms with van der Waals surface area (Å²) in [5.74, 6) is 1.99. The molecule has 0 unspecified atom stereocenters. The van der Waals surface area contributed by atoms with Gasteiger partial charge in [0.25, 0.3) is 0 Å². The number of benzene rings is 1. The van der Waals surface area contributed by atoms with Crippen LogP contribution in [0.3, 0.4) is 0 Å². The lowest BCUT2D eigenvalue weighted by Gasteiger charge is -2.02. The van der Waals surface area contributed by atoms with Gasteiger partial charge < -0.3 is 4.98 Å². The summed E-state index contributed by atoms with van der Waals surface area (Å²) in [6, 6.07) is 10.5. The van der Waals surface area contributed by atoms with Crippen molar-refractivity contribution in [2.75, 3.05) is 5.75 Å². The summed E-state index contributed by atoms with van der Waals surface area (Å²) in [6.45, 7) is 4.49. The monoisotopic (exact) mass is 286 g/mol. The predicted octanol–water partition coefficient (Wildman–Crippen LogP) is 3.79. The van der Waals surface area contributed by atoms with Crippen molar-refractivity contribution in [2.45, 2.75) is 18.7 Å². The van der Waals surface area contributed by atoms with E-state index in [9.17, 15) is 0 Å². The van der Waals surface area contributed by atoms with E-state index < -0.39 is 0 Å². The van der Waals surface area contributed by atoms with E-state index in [2.05, 4.69) is 64.1 Å². The van der Waals surface area contributed by atoms with E-state index in [1.807, 2.05) is 11.8 Å². The van der Waals surface area contributed by atoms with Crippen LogP contribution in [0.25, 0.3) is 11.2 Å². The SMILES string of the molecule is CC(C)CSc1ccccc1.c1ncc2[nH]cnc2n1. The van der Waals surface area contributed by atoms with Crippen LogP contribution < -0.4 is 0 Å². The zero-order chi connectivity index (χ0) is 14.2. The molecule has 104 valence electrons. The number of aromatic amines is 1. The highest BCUT2D eigenvalue weighted by Gasteiger charge is 1.95. The molecular formula is C15H18N4S. The van der Waals surface area contributed by atoms with Gasteiger partial charge in [0.2, 0.25) is 0 Å². The minimum Gasteiger partial charge on any atom is -0.342 e. The second-order valence-corrected chi connectivity index (χ2v) is 5.77. The number of hydrogen-bond donors (Lipinski definition) is 1. The summed E-state index contributed by atoms with van der Waals surface area (Å²) in [7, 11) is 0. The maximum Gasteiger partial charge on any atom is 0.180 e. The Bertz CT molecular complexity index is 592. The van der Waals surface area contributed by atoms with E-state index in [4.69, 9.17) is 0 Å². The molecule has 0 saturated heterocycles. The summed E-state index contributed by atoms with van der Waals surface area (Å²) in [5, 5.41) is 0. The predicted molar refractivity (Wildman–Crippen MR) is 83.7 cm³/mol. The molecule has 0 amide bonds. The third-order valence-electron chi connectivity index (χ3n) is 2.42. The lowest BCUT2D eigenvalue weighted by molar-refractivity contribution is 0.750. The molecular weight excluding hydrogens is 268 g/mol. The number of fused-ring (bicyclic) bond motifs is 1. The van der Waals surface area contributed by atoms with Crippen molar-refractivity contribution in [1.29, 1.82) is 0 Å². The van der Waals surface area contributed by atoms with Crippen molar-refractivity contribution in [2.24, 2.45) is 5.92 Å². The minimum absolute atomic E-state index is 0.713. The molecule has 0 aliphatic carbocycles. The van der Waals surface area contributed by atoms with Crippen LogP contribution in [0, 0.1) is 5.92 Å². The van der Waals surface area contributed by atoms with Gasteiger partial charge in [-0.25, -0.2) is 15.0 Å². The largest absolute Gasteiger partial charge is 0.342 e. The molecule has 2 heterocycles. The Morgan fingerprint density at radius 3 is 2.65 bits per heavy atom.